The molecule has 1 aliphatic rings. The second-order valence-electron chi connectivity index (χ2n) is 8.22. The van der Waals surface area contributed by atoms with E-state index in [-0.39, 0.29) is 17.1 Å². The molecule has 3 aromatic rings. The van der Waals surface area contributed by atoms with E-state index in [0.29, 0.717) is 46.2 Å². The lowest BCUT2D eigenvalue weighted by molar-refractivity contribution is 0.0722. The number of hydrogen-bond acceptors (Lipinski definition) is 6. The number of methoxy groups -OCH3 is 1. The molecule has 0 radical (unpaired) electrons. The average molecular weight is 471 g/mol. The van der Waals surface area contributed by atoms with Crippen LogP contribution in [0.5, 0.6) is 11.5 Å². The summed E-state index contributed by atoms with van der Waals surface area (Å²) in [5, 5.41) is 0.785. The zero-order valence-electron chi connectivity index (χ0n) is 19.2. The third kappa shape index (κ3) is 4.30. The van der Waals surface area contributed by atoms with Crippen LogP contribution in [-0.4, -0.2) is 56.6 Å². The summed E-state index contributed by atoms with van der Waals surface area (Å²) in [5.41, 5.74) is 1.16. The maximum Gasteiger partial charge on any atom is 0.290 e. The van der Waals surface area contributed by atoms with Gasteiger partial charge in [-0.25, -0.2) is 0 Å². The van der Waals surface area contributed by atoms with E-state index >= 15 is 0 Å². The smallest absolute Gasteiger partial charge is 0.290 e. The summed E-state index contributed by atoms with van der Waals surface area (Å²) in [4.78, 5) is 30.8. The Bertz CT molecular complexity index is 1250. The molecule has 8 heteroatoms. The predicted octanol–water partition coefficient (Wildman–Crippen LogP) is 4.35. The molecule has 33 heavy (non-hydrogen) atoms. The first kappa shape index (κ1) is 23.1. The maximum absolute atomic E-state index is 13.6. The van der Waals surface area contributed by atoms with Crippen LogP contribution < -0.4 is 14.9 Å². The fraction of sp³-hybridized carbons (Fsp3) is 0.360. The molecular formula is C25H27ClN2O5. The molecule has 1 aromatic heterocycles. The summed E-state index contributed by atoms with van der Waals surface area (Å²) in [7, 11) is 5.53. The summed E-state index contributed by atoms with van der Waals surface area (Å²) in [5.74, 6) is 0.926. The standard InChI is InChI=1S/C25H27ClN2O5/c1-5-32-19-9-7-15(13-20(19)31-4)22-21-23(29)17-14-16(26)8-10-18(17)33-24(21)25(30)28(22)12-6-11-27(2)3/h7-10,13-14,22H,5-6,11-12H2,1-4H3/t22-/m1/s1. The number of nitrogens with zero attached hydrogens (tertiary/aromatic N) is 2. The van der Waals surface area contributed by atoms with Crippen molar-refractivity contribution in [2.75, 3.05) is 40.9 Å². The predicted molar refractivity (Wildman–Crippen MR) is 128 cm³/mol. The Balaban J connectivity index is 1.88. The van der Waals surface area contributed by atoms with Crippen molar-refractivity contribution in [2.24, 2.45) is 0 Å². The number of amides is 1. The second kappa shape index (κ2) is 9.45. The van der Waals surface area contributed by atoms with Crippen LogP contribution in [-0.2, 0) is 0 Å². The Morgan fingerprint density at radius 2 is 1.91 bits per heavy atom. The van der Waals surface area contributed by atoms with E-state index in [4.69, 9.17) is 25.5 Å². The van der Waals surface area contributed by atoms with E-state index in [1.165, 1.54) is 0 Å². The van der Waals surface area contributed by atoms with Gasteiger partial charge >= 0.3 is 0 Å². The van der Waals surface area contributed by atoms with Gasteiger partial charge in [0.2, 0.25) is 5.76 Å². The molecule has 174 valence electrons. The van der Waals surface area contributed by atoms with Crippen molar-refractivity contribution in [3.05, 3.63) is 68.5 Å². The highest BCUT2D eigenvalue weighted by molar-refractivity contribution is 6.31. The molecule has 1 atom stereocenters. The van der Waals surface area contributed by atoms with Gasteiger partial charge in [0, 0.05) is 11.6 Å². The minimum atomic E-state index is -0.598. The van der Waals surface area contributed by atoms with E-state index < -0.39 is 6.04 Å². The lowest BCUT2D eigenvalue weighted by Gasteiger charge is -2.26. The molecule has 0 saturated carbocycles. The van der Waals surface area contributed by atoms with Gasteiger partial charge in [-0.1, -0.05) is 17.7 Å². The highest BCUT2D eigenvalue weighted by atomic mass is 35.5. The van der Waals surface area contributed by atoms with Gasteiger partial charge in [0.25, 0.3) is 5.91 Å². The second-order valence-corrected chi connectivity index (χ2v) is 8.65. The number of ether oxygens (including phenoxy) is 2. The van der Waals surface area contributed by atoms with Crippen LogP contribution in [0.4, 0.5) is 0 Å². The van der Waals surface area contributed by atoms with Crippen LogP contribution in [0.1, 0.15) is 41.1 Å². The molecule has 0 saturated heterocycles. The van der Waals surface area contributed by atoms with Crippen molar-refractivity contribution in [3.63, 3.8) is 0 Å². The first-order valence-electron chi connectivity index (χ1n) is 10.9. The van der Waals surface area contributed by atoms with Crippen LogP contribution in [0, 0.1) is 0 Å². The number of hydrogen-bond donors (Lipinski definition) is 0. The molecule has 2 heterocycles. The summed E-state index contributed by atoms with van der Waals surface area (Å²) in [6.07, 6.45) is 0.747. The Hall–Kier alpha value is -3.03. The van der Waals surface area contributed by atoms with Gasteiger partial charge in [-0.2, -0.15) is 0 Å². The Labute approximate surface area is 197 Å². The lowest BCUT2D eigenvalue weighted by atomic mass is 9.98. The van der Waals surface area contributed by atoms with Crippen LogP contribution in [0.3, 0.4) is 0 Å². The molecule has 0 unspecified atom stereocenters. The topological polar surface area (TPSA) is 72.2 Å². The van der Waals surface area contributed by atoms with E-state index in [9.17, 15) is 9.59 Å². The third-order valence-electron chi connectivity index (χ3n) is 5.74. The molecule has 0 spiro atoms. The molecule has 0 bridgehead atoms. The zero-order chi connectivity index (χ0) is 23.7. The Kier molecular flexibility index (Phi) is 6.63. The summed E-state index contributed by atoms with van der Waals surface area (Å²) >= 11 is 6.14. The van der Waals surface area contributed by atoms with Crippen molar-refractivity contribution >= 4 is 28.5 Å². The zero-order valence-corrected chi connectivity index (χ0v) is 19.9. The molecule has 0 fully saturated rings. The molecule has 7 nitrogen and oxygen atoms in total. The van der Waals surface area contributed by atoms with Gasteiger partial charge in [-0.3, -0.25) is 9.59 Å². The Morgan fingerprint density at radius 3 is 2.61 bits per heavy atom. The van der Waals surface area contributed by atoms with Gasteiger partial charge in [0.15, 0.2) is 16.9 Å². The van der Waals surface area contributed by atoms with Crippen LogP contribution in [0.15, 0.2) is 45.6 Å². The molecular weight excluding hydrogens is 444 g/mol. The van der Waals surface area contributed by atoms with Crippen molar-refractivity contribution in [1.29, 1.82) is 0 Å². The average Bonchev–Trinajstić information content (AvgIpc) is 3.06. The van der Waals surface area contributed by atoms with E-state index in [2.05, 4.69) is 4.90 Å². The van der Waals surface area contributed by atoms with Gasteiger partial charge < -0.3 is 23.7 Å². The SMILES string of the molecule is CCOc1ccc([C@@H]2c3c(oc4ccc(Cl)cc4c3=O)C(=O)N2CCCN(C)C)cc1OC. The molecule has 0 N–H and O–H groups in total. The maximum atomic E-state index is 13.6. The minimum absolute atomic E-state index is 0.0810. The quantitative estimate of drug-likeness (QED) is 0.487. The highest BCUT2D eigenvalue weighted by Crippen LogP contribution is 2.41. The third-order valence-corrected chi connectivity index (χ3v) is 5.97. The number of fused-ring (bicyclic) bond motifs is 2. The minimum Gasteiger partial charge on any atom is -0.493 e. The molecule has 4 rings (SSSR count). The first-order valence-corrected chi connectivity index (χ1v) is 11.3. The van der Waals surface area contributed by atoms with Gasteiger partial charge in [0.05, 0.1) is 30.7 Å². The van der Waals surface area contributed by atoms with Crippen molar-refractivity contribution in [3.8, 4) is 11.5 Å². The van der Waals surface area contributed by atoms with E-state index in [1.807, 2.05) is 33.2 Å². The van der Waals surface area contributed by atoms with Gasteiger partial charge in [0.1, 0.15) is 5.58 Å². The van der Waals surface area contributed by atoms with Crippen LogP contribution in [0.2, 0.25) is 5.02 Å². The summed E-state index contributed by atoms with van der Waals surface area (Å²) < 4.78 is 17.1. The largest absolute Gasteiger partial charge is 0.493 e. The summed E-state index contributed by atoms with van der Waals surface area (Å²) in [6, 6.07) is 9.73. The molecule has 2 aromatic carbocycles. The number of benzene rings is 2. The Morgan fingerprint density at radius 1 is 1.12 bits per heavy atom. The number of halogens is 1. The first-order chi connectivity index (χ1) is 15.8. The monoisotopic (exact) mass is 470 g/mol. The lowest BCUT2D eigenvalue weighted by Crippen LogP contribution is -2.32. The molecule has 0 aliphatic carbocycles. The van der Waals surface area contributed by atoms with Crippen molar-refractivity contribution < 1.29 is 18.7 Å². The van der Waals surface area contributed by atoms with E-state index in [1.54, 1.807) is 36.3 Å². The fourth-order valence-corrected chi connectivity index (χ4v) is 4.43. The summed E-state index contributed by atoms with van der Waals surface area (Å²) in [6.45, 7) is 3.66. The molecule has 1 aliphatic heterocycles. The van der Waals surface area contributed by atoms with Gasteiger partial charge in [-0.15, -0.1) is 0 Å². The normalized spacial score (nSPS) is 15.4. The van der Waals surface area contributed by atoms with Crippen LogP contribution >= 0.6 is 11.6 Å². The van der Waals surface area contributed by atoms with Crippen LogP contribution in [0.25, 0.3) is 11.0 Å². The fourth-order valence-electron chi connectivity index (χ4n) is 4.26. The highest BCUT2D eigenvalue weighted by Gasteiger charge is 2.42. The number of rotatable bonds is 8. The van der Waals surface area contributed by atoms with Crippen molar-refractivity contribution in [1.82, 2.24) is 9.80 Å². The van der Waals surface area contributed by atoms with E-state index in [0.717, 1.165) is 18.5 Å². The number of carbonyl (C=O) groups excluding carboxylic acids is 1. The number of carbonyl (C=O) groups is 1. The van der Waals surface area contributed by atoms with Crippen molar-refractivity contribution in [2.45, 2.75) is 19.4 Å². The van der Waals surface area contributed by atoms with Gasteiger partial charge in [-0.05, 0) is 69.9 Å². The molecule has 1 amide bonds.